The second-order valence-electron chi connectivity index (χ2n) is 6.53. The Morgan fingerprint density at radius 1 is 1.21 bits per heavy atom. The van der Waals surface area contributed by atoms with E-state index >= 15 is 0 Å². The zero-order valence-corrected chi connectivity index (χ0v) is 12.7. The molecule has 0 fully saturated rings. The highest BCUT2D eigenvalue weighted by Gasteiger charge is 2.31. The maximum Gasteiger partial charge on any atom is 0.511 e. The Morgan fingerprint density at radius 2 is 1.79 bits per heavy atom. The second kappa shape index (κ2) is 5.24. The van der Waals surface area contributed by atoms with Crippen LogP contribution in [0.4, 0.5) is 4.79 Å². The van der Waals surface area contributed by atoms with Crippen LogP contribution in [0.15, 0.2) is 18.2 Å². The normalized spacial score (nSPS) is 12.3. The highest BCUT2D eigenvalue weighted by molar-refractivity contribution is 5.63. The molecule has 1 aromatic carbocycles. The first-order chi connectivity index (χ1) is 8.59. The van der Waals surface area contributed by atoms with Crippen LogP contribution in [0, 0.1) is 0 Å². The van der Waals surface area contributed by atoms with Crippen molar-refractivity contribution in [1.29, 1.82) is 0 Å². The molecule has 1 N–H and O–H groups in total. The van der Waals surface area contributed by atoms with Gasteiger partial charge in [-0.25, -0.2) is 4.79 Å². The number of carbonyl (C=O) groups is 1. The van der Waals surface area contributed by atoms with E-state index in [-0.39, 0.29) is 10.8 Å². The van der Waals surface area contributed by atoms with Crippen molar-refractivity contribution in [2.24, 2.45) is 0 Å². The molecule has 0 unspecified atom stereocenters. The predicted molar refractivity (Wildman–Crippen MR) is 77.1 cm³/mol. The summed E-state index contributed by atoms with van der Waals surface area (Å²) in [6.45, 7) is 12.7. The third kappa shape index (κ3) is 3.49. The van der Waals surface area contributed by atoms with Crippen LogP contribution in [0.25, 0.3) is 0 Å². The van der Waals surface area contributed by atoms with Crippen molar-refractivity contribution in [2.45, 2.75) is 58.8 Å². The summed E-state index contributed by atoms with van der Waals surface area (Å²) < 4.78 is 4.99. The van der Waals surface area contributed by atoms with Gasteiger partial charge in [-0.3, -0.25) is 0 Å². The van der Waals surface area contributed by atoms with E-state index < -0.39 is 6.16 Å². The van der Waals surface area contributed by atoms with Gasteiger partial charge < -0.3 is 9.84 Å². The molecule has 3 heteroatoms. The minimum atomic E-state index is -1.26. The lowest BCUT2D eigenvalue weighted by Crippen LogP contribution is -2.25. The highest BCUT2D eigenvalue weighted by atomic mass is 16.7. The average molecular weight is 264 g/mol. The molecule has 0 bridgehead atoms. The summed E-state index contributed by atoms with van der Waals surface area (Å²) in [5, 5.41) is 8.90. The first kappa shape index (κ1) is 15.5. The van der Waals surface area contributed by atoms with Crippen molar-refractivity contribution < 1.29 is 14.6 Å². The molecule has 0 saturated heterocycles. The Kier molecular flexibility index (Phi) is 4.28. The van der Waals surface area contributed by atoms with Crippen LogP contribution in [-0.4, -0.2) is 11.3 Å². The summed E-state index contributed by atoms with van der Waals surface area (Å²) in [6, 6.07) is 5.64. The van der Waals surface area contributed by atoms with Gasteiger partial charge in [0.15, 0.2) is 0 Å². The monoisotopic (exact) mass is 264 g/mol. The number of ether oxygens (including phenoxy) is 1. The Hall–Kier alpha value is -1.51. The number of hydrogen-bond acceptors (Lipinski definition) is 2. The summed E-state index contributed by atoms with van der Waals surface area (Å²) in [4.78, 5) is 10.9. The van der Waals surface area contributed by atoms with E-state index in [1.165, 1.54) is 0 Å². The van der Waals surface area contributed by atoms with E-state index in [0.29, 0.717) is 5.75 Å². The molecule has 1 aromatic rings. The largest absolute Gasteiger partial charge is 0.511 e. The molecule has 106 valence electrons. The van der Waals surface area contributed by atoms with E-state index in [9.17, 15) is 4.79 Å². The average Bonchev–Trinajstić information content (AvgIpc) is 2.26. The number of hydrogen-bond donors (Lipinski definition) is 1. The summed E-state index contributed by atoms with van der Waals surface area (Å²) in [6.07, 6.45) is -0.352. The fourth-order valence-corrected chi connectivity index (χ4v) is 2.21. The van der Waals surface area contributed by atoms with Gasteiger partial charge in [-0.2, -0.15) is 0 Å². The third-order valence-electron chi connectivity index (χ3n) is 3.59. The van der Waals surface area contributed by atoms with Gasteiger partial charge in [0, 0.05) is 5.56 Å². The van der Waals surface area contributed by atoms with Gasteiger partial charge in [0.1, 0.15) is 5.75 Å². The van der Waals surface area contributed by atoms with Crippen molar-refractivity contribution in [3.8, 4) is 5.75 Å². The predicted octanol–water partition coefficient (Wildman–Crippen LogP) is 4.73. The third-order valence-corrected chi connectivity index (χ3v) is 3.59. The fraction of sp³-hybridized carbons (Fsp3) is 0.562. The quantitative estimate of drug-likeness (QED) is 0.634. The molecule has 0 aliphatic carbocycles. The van der Waals surface area contributed by atoms with Gasteiger partial charge in [0.05, 0.1) is 0 Å². The smallest absolute Gasteiger partial charge is 0.449 e. The van der Waals surface area contributed by atoms with Gasteiger partial charge in [-0.15, -0.1) is 0 Å². The van der Waals surface area contributed by atoms with E-state index in [0.717, 1.165) is 17.5 Å². The summed E-state index contributed by atoms with van der Waals surface area (Å²) in [5.41, 5.74) is 1.94. The minimum Gasteiger partial charge on any atom is -0.449 e. The lowest BCUT2D eigenvalue weighted by molar-refractivity contribution is 0.143. The van der Waals surface area contributed by atoms with Crippen LogP contribution in [0.2, 0.25) is 0 Å². The molecule has 0 aliphatic heterocycles. The lowest BCUT2D eigenvalue weighted by Gasteiger charge is -2.33. The first-order valence-electron chi connectivity index (χ1n) is 6.64. The molecule has 0 spiro atoms. The summed E-state index contributed by atoms with van der Waals surface area (Å²) in [7, 11) is 0. The Morgan fingerprint density at radius 3 is 2.21 bits per heavy atom. The van der Waals surface area contributed by atoms with Gasteiger partial charge in [0.2, 0.25) is 0 Å². The van der Waals surface area contributed by atoms with Crippen molar-refractivity contribution >= 4 is 6.16 Å². The van der Waals surface area contributed by atoms with Crippen molar-refractivity contribution in [3.63, 3.8) is 0 Å². The maximum atomic E-state index is 10.9. The first-order valence-corrected chi connectivity index (χ1v) is 6.64. The van der Waals surface area contributed by atoms with E-state index in [2.05, 4.69) is 47.6 Å². The van der Waals surface area contributed by atoms with Crippen LogP contribution >= 0.6 is 0 Å². The van der Waals surface area contributed by atoms with Crippen LogP contribution in [0.3, 0.4) is 0 Å². The zero-order valence-electron chi connectivity index (χ0n) is 12.7. The number of benzene rings is 1. The Balaban J connectivity index is 3.54. The van der Waals surface area contributed by atoms with Crippen LogP contribution in [0.1, 0.15) is 59.1 Å². The molecule has 3 nitrogen and oxygen atoms in total. The highest BCUT2D eigenvalue weighted by Crippen LogP contribution is 2.41. The number of rotatable bonds is 3. The molecule has 0 amide bonds. The fourth-order valence-electron chi connectivity index (χ4n) is 2.21. The molecule has 0 radical (unpaired) electrons. The van der Waals surface area contributed by atoms with Gasteiger partial charge >= 0.3 is 6.16 Å². The maximum absolute atomic E-state index is 10.9. The van der Waals surface area contributed by atoms with E-state index in [1.54, 1.807) is 6.07 Å². The Labute approximate surface area is 115 Å². The van der Waals surface area contributed by atoms with Crippen LogP contribution in [0.5, 0.6) is 5.75 Å². The van der Waals surface area contributed by atoms with Gasteiger partial charge in [-0.05, 0) is 28.9 Å². The molecule has 0 saturated carbocycles. The van der Waals surface area contributed by atoms with Crippen molar-refractivity contribution in [3.05, 3.63) is 29.3 Å². The second-order valence-corrected chi connectivity index (χ2v) is 6.53. The standard InChI is InChI=1S/C16H24O3/c1-7-16(5,6)13-11(15(2,3)4)9-8-10-12(13)19-14(17)18/h8-10H,7H2,1-6H3,(H,17,18). The lowest BCUT2D eigenvalue weighted by atomic mass is 9.72. The van der Waals surface area contributed by atoms with Crippen molar-refractivity contribution in [1.82, 2.24) is 0 Å². The Bertz CT molecular complexity index is 467. The topological polar surface area (TPSA) is 46.5 Å². The van der Waals surface area contributed by atoms with E-state index in [4.69, 9.17) is 9.84 Å². The summed E-state index contributed by atoms with van der Waals surface area (Å²) >= 11 is 0. The minimum absolute atomic E-state index is 0.0559. The molecular weight excluding hydrogens is 240 g/mol. The molecule has 0 heterocycles. The van der Waals surface area contributed by atoms with E-state index in [1.807, 2.05) is 6.07 Å². The summed E-state index contributed by atoms with van der Waals surface area (Å²) in [5.74, 6) is 0.451. The zero-order chi connectivity index (χ0) is 14.8. The van der Waals surface area contributed by atoms with Crippen LogP contribution < -0.4 is 4.74 Å². The molecule has 0 atom stereocenters. The van der Waals surface area contributed by atoms with Crippen LogP contribution in [-0.2, 0) is 10.8 Å². The van der Waals surface area contributed by atoms with Crippen molar-refractivity contribution in [2.75, 3.05) is 0 Å². The number of carboxylic acid groups (broad SMARTS) is 1. The molecule has 19 heavy (non-hydrogen) atoms. The molecule has 0 aliphatic rings. The molecule has 1 rings (SSSR count). The van der Waals surface area contributed by atoms with Gasteiger partial charge in [-0.1, -0.05) is 53.7 Å². The van der Waals surface area contributed by atoms with Gasteiger partial charge in [0.25, 0.3) is 0 Å². The molecule has 0 aromatic heterocycles. The SMILES string of the molecule is CCC(C)(C)c1c(OC(=O)O)cccc1C(C)(C)C. The molecular formula is C16H24O3.